The van der Waals surface area contributed by atoms with E-state index in [2.05, 4.69) is 0 Å². The average molecular weight is 284 g/mol. The van der Waals surface area contributed by atoms with Gasteiger partial charge in [0, 0.05) is 18.8 Å². The third-order valence-corrected chi connectivity index (χ3v) is 5.44. The van der Waals surface area contributed by atoms with E-state index < -0.39 is 14.8 Å². The van der Waals surface area contributed by atoms with Gasteiger partial charge < -0.3 is 5.73 Å². The average Bonchev–Trinajstić information content (AvgIpc) is 2.27. The van der Waals surface area contributed by atoms with Crippen LogP contribution in [0.2, 0.25) is 0 Å². The molecule has 5 heteroatoms. The van der Waals surface area contributed by atoms with Crippen LogP contribution < -0.4 is 5.73 Å². The highest BCUT2D eigenvalue weighted by Gasteiger charge is 2.34. The summed E-state index contributed by atoms with van der Waals surface area (Å²) in [6.45, 7) is 8.05. The van der Waals surface area contributed by atoms with Gasteiger partial charge in [0.15, 0.2) is 0 Å². The van der Waals surface area contributed by atoms with Gasteiger partial charge in [-0.05, 0) is 44.9 Å². The zero-order valence-corrected chi connectivity index (χ0v) is 13.0. The number of hydrogen-bond donors (Lipinski definition) is 1. The molecule has 0 spiro atoms. The van der Waals surface area contributed by atoms with Gasteiger partial charge in [0.2, 0.25) is 10.0 Å². The Morgan fingerprint density at radius 3 is 2.37 bits per heavy atom. The van der Waals surface area contributed by atoms with Gasteiger partial charge in [-0.2, -0.15) is 4.31 Å². The molecule has 19 heavy (non-hydrogen) atoms. The zero-order valence-electron chi connectivity index (χ0n) is 12.2. The lowest BCUT2D eigenvalue weighted by Gasteiger charge is -2.29. The quantitative estimate of drug-likeness (QED) is 0.845. The zero-order chi connectivity index (χ0) is 14.7. The number of rotatable bonds is 5. The van der Waals surface area contributed by atoms with Crippen LogP contribution in [-0.4, -0.2) is 24.0 Å². The molecule has 108 valence electrons. The van der Waals surface area contributed by atoms with Crippen LogP contribution in [0, 0.1) is 0 Å². The Hall–Kier alpha value is -1.07. The molecule has 0 bridgehead atoms. The van der Waals surface area contributed by atoms with Crippen molar-refractivity contribution < 1.29 is 8.42 Å². The molecule has 2 N–H and O–H groups in total. The second-order valence-corrected chi connectivity index (χ2v) is 8.39. The van der Waals surface area contributed by atoms with Gasteiger partial charge in [-0.15, -0.1) is 0 Å². The van der Waals surface area contributed by atoms with E-state index in [1.54, 1.807) is 31.1 Å². The van der Waals surface area contributed by atoms with Crippen LogP contribution in [0.4, 0.5) is 5.69 Å². The number of sulfonamides is 1. The molecule has 0 saturated heterocycles. The Bertz CT molecular complexity index is 518. The van der Waals surface area contributed by atoms with E-state index in [0.29, 0.717) is 18.8 Å². The minimum Gasteiger partial charge on any atom is -0.399 e. The number of nitrogens with two attached hydrogens (primary N) is 1. The molecule has 0 aromatic heterocycles. The molecule has 0 heterocycles. The van der Waals surface area contributed by atoms with Crippen molar-refractivity contribution in [2.75, 3.05) is 12.3 Å². The van der Waals surface area contributed by atoms with Gasteiger partial charge in [0.1, 0.15) is 0 Å². The minimum atomic E-state index is -3.32. The van der Waals surface area contributed by atoms with Crippen molar-refractivity contribution in [1.82, 2.24) is 4.31 Å². The van der Waals surface area contributed by atoms with E-state index in [1.165, 1.54) is 0 Å². The van der Waals surface area contributed by atoms with Crippen molar-refractivity contribution in [2.45, 2.75) is 45.4 Å². The van der Waals surface area contributed by atoms with Crippen LogP contribution in [-0.2, 0) is 16.6 Å². The molecule has 0 amide bonds. The first kappa shape index (κ1) is 16.0. The second kappa shape index (κ2) is 5.92. The summed E-state index contributed by atoms with van der Waals surface area (Å²) in [7, 11) is -3.32. The lowest BCUT2D eigenvalue weighted by atomic mass is 10.2. The van der Waals surface area contributed by atoms with E-state index in [0.717, 1.165) is 12.0 Å². The third kappa shape index (κ3) is 3.94. The topological polar surface area (TPSA) is 63.4 Å². The Morgan fingerprint density at radius 1 is 1.26 bits per heavy atom. The van der Waals surface area contributed by atoms with Crippen LogP contribution in [0.1, 0.15) is 39.7 Å². The first-order valence-corrected chi connectivity index (χ1v) is 7.96. The summed E-state index contributed by atoms with van der Waals surface area (Å²) in [6, 6.07) is 7.36. The number of anilines is 1. The van der Waals surface area contributed by atoms with Crippen molar-refractivity contribution in [3.63, 3.8) is 0 Å². The summed E-state index contributed by atoms with van der Waals surface area (Å²) in [5.41, 5.74) is 7.31. The van der Waals surface area contributed by atoms with Crippen LogP contribution >= 0.6 is 0 Å². The van der Waals surface area contributed by atoms with Gasteiger partial charge in [-0.3, -0.25) is 0 Å². The maximum atomic E-state index is 12.5. The highest BCUT2D eigenvalue weighted by atomic mass is 32.2. The molecule has 1 rings (SSSR count). The number of nitrogen functional groups attached to an aromatic ring is 1. The van der Waals surface area contributed by atoms with Crippen LogP contribution in [0.25, 0.3) is 0 Å². The van der Waals surface area contributed by atoms with Crippen LogP contribution in [0.5, 0.6) is 0 Å². The molecule has 1 aromatic rings. The van der Waals surface area contributed by atoms with Crippen molar-refractivity contribution in [2.24, 2.45) is 0 Å². The van der Waals surface area contributed by atoms with Crippen molar-refractivity contribution in [1.29, 1.82) is 0 Å². The SMILES string of the molecule is CCCN(Cc1cccc(N)c1)S(=O)(=O)C(C)(C)C. The molecule has 0 radical (unpaired) electrons. The monoisotopic (exact) mass is 284 g/mol. The van der Waals surface area contributed by atoms with E-state index in [1.807, 2.05) is 25.1 Å². The molecule has 0 aliphatic carbocycles. The van der Waals surface area contributed by atoms with Gasteiger partial charge in [-0.25, -0.2) is 8.42 Å². The van der Waals surface area contributed by atoms with E-state index in [4.69, 9.17) is 5.73 Å². The molecule has 0 unspecified atom stereocenters. The Kier molecular flexibility index (Phi) is 4.98. The Morgan fingerprint density at radius 2 is 1.89 bits per heavy atom. The van der Waals surface area contributed by atoms with Crippen molar-refractivity contribution >= 4 is 15.7 Å². The minimum absolute atomic E-state index is 0.373. The lowest BCUT2D eigenvalue weighted by molar-refractivity contribution is 0.389. The molecular weight excluding hydrogens is 260 g/mol. The molecule has 0 aliphatic heterocycles. The van der Waals surface area contributed by atoms with Crippen LogP contribution in [0.3, 0.4) is 0 Å². The fraction of sp³-hybridized carbons (Fsp3) is 0.571. The van der Waals surface area contributed by atoms with Crippen molar-refractivity contribution in [3.05, 3.63) is 29.8 Å². The smallest absolute Gasteiger partial charge is 0.219 e. The molecule has 0 aliphatic rings. The van der Waals surface area contributed by atoms with Gasteiger partial charge in [0.25, 0.3) is 0 Å². The van der Waals surface area contributed by atoms with Crippen molar-refractivity contribution in [3.8, 4) is 0 Å². The molecular formula is C14H24N2O2S. The van der Waals surface area contributed by atoms with Gasteiger partial charge in [-0.1, -0.05) is 19.1 Å². The maximum absolute atomic E-state index is 12.5. The predicted octanol–water partition coefficient (Wildman–Crippen LogP) is 2.61. The van der Waals surface area contributed by atoms with E-state index in [9.17, 15) is 8.42 Å². The summed E-state index contributed by atoms with van der Waals surface area (Å²) in [4.78, 5) is 0. The number of nitrogens with zero attached hydrogens (tertiary/aromatic N) is 1. The normalized spacial score (nSPS) is 12.9. The first-order valence-electron chi connectivity index (χ1n) is 6.52. The summed E-state index contributed by atoms with van der Waals surface area (Å²) in [6.07, 6.45) is 0.789. The summed E-state index contributed by atoms with van der Waals surface area (Å²) < 4.78 is 25.8. The maximum Gasteiger partial charge on any atom is 0.219 e. The fourth-order valence-electron chi connectivity index (χ4n) is 1.82. The molecule has 1 aromatic carbocycles. The van der Waals surface area contributed by atoms with Gasteiger partial charge in [0.05, 0.1) is 4.75 Å². The fourth-order valence-corrected chi connectivity index (χ4v) is 3.33. The molecule has 0 saturated carbocycles. The first-order chi connectivity index (χ1) is 8.68. The van der Waals surface area contributed by atoms with E-state index >= 15 is 0 Å². The van der Waals surface area contributed by atoms with Crippen LogP contribution in [0.15, 0.2) is 24.3 Å². The Balaban J connectivity index is 3.03. The number of benzene rings is 1. The third-order valence-electron chi connectivity index (χ3n) is 2.90. The highest BCUT2D eigenvalue weighted by molar-refractivity contribution is 7.90. The molecule has 4 nitrogen and oxygen atoms in total. The lowest BCUT2D eigenvalue weighted by Crippen LogP contribution is -2.42. The summed E-state index contributed by atoms with van der Waals surface area (Å²) in [5, 5.41) is 0. The standard InChI is InChI=1S/C14H24N2O2S/c1-5-9-16(19(17,18)14(2,3)4)11-12-7-6-8-13(15)10-12/h6-8,10H,5,9,11,15H2,1-4H3. The number of hydrogen-bond acceptors (Lipinski definition) is 3. The highest BCUT2D eigenvalue weighted by Crippen LogP contribution is 2.23. The predicted molar refractivity (Wildman–Crippen MR) is 80.2 cm³/mol. The molecule has 0 fully saturated rings. The summed E-state index contributed by atoms with van der Waals surface area (Å²) >= 11 is 0. The Labute approximate surface area is 116 Å². The second-order valence-electron chi connectivity index (χ2n) is 5.70. The largest absolute Gasteiger partial charge is 0.399 e. The van der Waals surface area contributed by atoms with Gasteiger partial charge >= 0.3 is 0 Å². The molecule has 0 atom stereocenters. The summed E-state index contributed by atoms with van der Waals surface area (Å²) in [5.74, 6) is 0. The van der Waals surface area contributed by atoms with E-state index in [-0.39, 0.29) is 0 Å².